The normalized spacial score (nSPS) is 15.0. The molecule has 0 bridgehead atoms. The third kappa shape index (κ3) is 3.10. The van der Waals surface area contributed by atoms with Gasteiger partial charge in [0, 0.05) is 24.2 Å². The molecule has 1 aromatic heterocycles. The first-order valence-electron chi connectivity index (χ1n) is 7.60. The first kappa shape index (κ1) is 14.1. The molecule has 2 aromatic rings. The molecule has 1 aromatic carbocycles. The smallest absolute Gasteiger partial charge is 0.122 e. The molecule has 1 unspecified atom stereocenters. The van der Waals surface area contributed by atoms with Crippen molar-refractivity contribution in [3.05, 3.63) is 47.3 Å². The Morgan fingerprint density at radius 3 is 3.00 bits per heavy atom. The summed E-state index contributed by atoms with van der Waals surface area (Å²) in [6.45, 7) is 4.95. The van der Waals surface area contributed by atoms with E-state index >= 15 is 0 Å². The van der Waals surface area contributed by atoms with E-state index in [-0.39, 0.29) is 0 Å². The lowest BCUT2D eigenvalue weighted by Gasteiger charge is -2.09. The lowest BCUT2D eigenvalue weighted by molar-refractivity contribution is 0.167. The third-order valence-corrected chi connectivity index (χ3v) is 4.00. The van der Waals surface area contributed by atoms with Crippen molar-refractivity contribution in [2.45, 2.75) is 45.3 Å². The maximum atomic E-state index is 10.3. The predicted octanol–water partition coefficient (Wildman–Crippen LogP) is 3.07. The molecule has 0 saturated carbocycles. The number of nitrogens with zero attached hydrogens (tertiary/aromatic N) is 2. The second kappa shape index (κ2) is 5.90. The predicted molar refractivity (Wildman–Crippen MR) is 81.5 cm³/mol. The van der Waals surface area contributed by atoms with Gasteiger partial charge in [-0.25, -0.2) is 0 Å². The van der Waals surface area contributed by atoms with Gasteiger partial charge in [0.15, 0.2) is 0 Å². The first-order valence-corrected chi connectivity index (χ1v) is 7.60. The van der Waals surface area contributed by atoms with Gasteiger partial charge in [-0.3, -0.25) is 4.68 Å². The zero-order valence-electron chi connectivity index (χ0n) is 12.6. The Bertz CT molecular complexity index is 619. The summed E-state index contributed by atoms with van der Waals surface area (Å²) in [5, 5.41) is 14.6. The number of fused-ring (bicyclic) bond motifs is 1. The van der Waals surface area contributed by atoms with E-state index in [2.05, 4.69) is 31.1 Å². The van der Waals surface area contributed by atoms with Crippen molar-refractivity contribution in [1.29, 1.82) is 0 Å². The Hall–Kier alpha value is -1.81. The van der Waals surface area contributed by atoms with Gasteiger partial charge in [-0.05, 0) is 43.9 Å². The molecule has 0 saturated heterocycles. The number of hydrogen-bond donors (Lipinski definition) is 1. The number of ether oxygens (including phenoxy) is 1. The van der Waals surface area contributed by atoms with Crippen molar-refractivity contribution in [2.75, 3.05) is 6.61 Å². The van der Waals surface area contributed by atoms with Crippen LogP contribution >= 0.6 is 0 Å². The summed E-state index contributed by atoms with van der Waals surface area (Å²) < 4.78 is 7.39. The number of aliphatic hydroxyl groups excluding tert-OH is 1. The standard InChI is InChI=1S/C17H22N2O2/c1-12(2)19-11-15(10-18-19)16(20)5-3-13-4-6-17-14(9-13)7-8-21-17/h4,6,9-12,16,20H,3,5,7-8H2,1-2H3. The Labute approximate surface area is 125 Å². The highest BCUT2D eigenvalue weighted by atomic mass is 16.5. The van der Waals surface area contributed by atoms with Crippen LogP contribution in [0.1, 0.15) is 49.1 Å². The molecule has 1 aliphatic heterocycles. The molecular weight excluding hydrogens is 264 g/mol. The monoisotopic (exact) mass is 286 g/mol. The summed E-state index contributed by atoms with van der Waals surface area (Å²) in [4.78, 5) is 0. The molecule has 0 radical (unpaired) electrons. The fraction of sp³-hybridized carbons (Fsp3) is 0.471. The van der Waals surface area contributed by atoms with Gasteiger partial charge in [0.25, 0.3) is 0 Å². The molecule has 0 amide bonds. The molecule has 112 valence electrons. The number of aromatic nitrogens is 2. The zero-order chi connectivity index (χ0) is 14.8. The summed E-state index contributed by atoms with van der Waals surface area (Å²) >= 11 is 0. The van der Waals surface area contributed by atoms with Gasteiger partial charge in [-0.15, -0.1) is 0 Å². The van der Waals surface area contributed by atoms with Gasteiger partial charge in [0.05, 0.1) is 18.9 Å². The highest BCUT2D eigenvalue weighted by molar-refractivity contribution is 5.39. The van der Waals surface area contributed by atoms with Crippen molar-refractivity contribution in [1.82, 2.24) is 9.78 Å². The number of aliphatic hydroxyl groups is 1. The van der Waals surface area contributed by atoms with Crippen LogP contribution in [0.15, 0.2) is 30.6 Å². The van der Waals surface area contributed by atoms with E-state index in [1.165, 1.54) is 11.1 Å². The number of hydrogen-bond acceptors (Lipinski definition) is 3. The Morgan fingerprint density at radius 1 is 1.38 bits per heavy atom. The van der Waals surface area contributed by atoms with E-state index in [0.29, 0.717) is 12.5 Å². The number of rotatable bonds is 5. The Kier molecular flexibility index (Phi) is 3.97. The minimum atomic E-state index is -0.456. The highest BCUT2D eigenvalue weighted by Gasteiger charge is 2.14. The van der Waals surface area contributed by atoms with Crippen LogP contribution in [0.4, 0.5) is 0 Å². The average Bonchev–Trinajstić information content (AvgIpc) is 3.12. The van der Waals surface area contributed by atoms with E-state index in [1.807, 2.05) is 16.9 Å². The molecule has 0 spiro atoms. The van der Waals surface area contributed by atoms with E-state index in [1.54, 1.807) is 6.20 Å². The van der Waals surface area contributed by atoms with E-state index in [0.717, 1.165) is 30.8 Å². The van der Waals surface area contributed by atoms with Gasteiger partial charge < -0.3 is 9.84 Å². The van der Waals surface area contributed by atoms with Gasteiger partial charge >= 0.3 is 0 Å². The van der Waals surface area contributed by atoms with Crippen molar-refractivity contribution < 1.29 is 9.84 Å². The molecule has 4 heteroatoms. The van der Waals surface area contributed by atoms with Gasteiger partial charge in [-0.1, -0.05) is 12.1 Å². The second-order valence-corrected chi connectivity index (χ2v) is 5.94. The van der Waals surface area contributed by atoms with Crippen LogP contribution < -0.4 is 4.74 Å². The molecule has 4 nitrogen and oxygen atoms in total. The molecule has 2 heterocycles. The topological polar surface area (TPSA) is 47.3 Å². The highest BCUT2D eigenvalue weighted by Crippen LogP contribution is 2.27. The van der Waals surface area contributed by atoms with E-state index in [9.17, 15) is 5.11 Å². The van der Waals surface area contributed by atoms with Gasteiger partial charge in [0.1, 0.15) is 5.75 Å². The SMILES string of the molecule is CC(C)n1cc(C(O)CCc2ccc3c(c2)CCO3)cn1. The third-order valence-electron chi connectivity index (χ3n) is 4.00. The minimum absolute atomic E-state index is 0.322. The number of aryl methyl sites for hydroxylation is 1. The maximum absolute atomic E-state index is 10.3. The van der Waals surface area contributed by atoms with Crippen LogP contribution in [0.5, 0.6) is 5.75 Å². The minimum Gasteiger partial charge on any atom is -0.493 e. The van der Waals surface area contributed by atoms with E-state index < -0.39 is 6.10 Å². The van der Waals surface area contributed by atoms with Crippen molar-refractivity contribution in [3.8, 4) is 5.75 Å². The summed E-state index contributed by atoms with van der Waals surface area (Å²) in [5.74, 6) is 1.01. The zero-order valence-corrected chi connectivity index (χ0v) is 12.6. The van der Waals surface area contributed by atoms with E-state index in [4.69, 9.17) is 4.74 Å². The Morgan fingerprint density at radius 2 is 2.24 bits per heavy atom. The fourth-order valence-electron chi connectivity index (χ4n) is 2.67. The average molecular weight is 286 g/mol. The molecule has 3 rings (SSSR count). The van der Waals surface area contributed by atoms with Crippen LogP contribution in [0.2, 0.25) is 0 Å². The van der Waals surface area contributed by atoms with Gasteiger partial charge in [0.2, 0.25) is 0 Å². The molecule has 21 heavy (non-hydrogen) atoms. The molecular formula is C17H22N2O2. The van der Waals surface area contributed by atoms with Crippen LogP contribution in [0, 0.1) is 0 Å². The van der Waals surface area contributed by atoms with Crippen LogP contribution in [0.25, 0.3) is 0 Å². The van der Waals surface area contributed by atoms with Crippen LogP contribution in [-0.2, 0) is 12.8 Å². The summed E-state index contributed by atoms with van der Waals surface area (Å²) in [6.07, 6.45) is 5.81. The maximum Gasteiger partial charge on any atom is 0.122 e. The quantitative estimate of drug-likeness (QED) is 0.919. The number of benzene rings is 1. The first-order chi connectivity index (χ1) is 10.1. The van der Waals surface area contributed by atoms with Crippen molar-refractivity contribution >= 4 is 0 Å². The molecule has 0 aliphatic carbocycles. The largest absolute Gasteiger partial charge is 0.493 e. The molecule has 0 fully saturated rings. The second-order valence-electron chi connectivity index (χ2n) is 5.94. The molecule has 1 aliphatic rings. The lowest BCUT2D eigenvalue weighted by atomic mass is 10.0. The summed E-state index contributed by atoms with van der Waals surface area (Å²) in [7, 11) is 0. The lowest BCUT2D eigenvalue weighted by Crippen LogP contribution is -2.01. The van der Waals surface area contributed by atoms with Crippen molar-refractivity contribution in [3.63, 3.8) is 0 Å². The van der Waals surface area contributed by atoms with Crippen LogP contribution in [0.3, 0.4) is 0 Å². The molecule has 1 N–H and O–H groups in total. The molecule has 1 atom stereocenters. The summed E-state index contributed by atoms with van der Waals surface area (Å²) in [5.41, 5.74) is 3.44. The summed E-state index contributed by atoms with van der Waals surface area (Å²) in [6, 6.07) is 6.66. The van der Waals surface area contributed by atoms with Crippen molar-refractivity contribution in [2.24, 2.45) is 0 Å². The fourth-order valence-corrected chi connectivity index (χ4v) is 2.67. The van der Waals surface area contributed by atoms with Gasteiger partial charge in [-0.2, -0.15) is 5.10 Å². The Balaban J connectivity index is 1.61. The van der Waals surface area contributed by atoms with Crippen LogP contribution in [-0.4, -0.2) is 21.5 Å².